The van der Waals surface area contributed by atoms with Gasteiger partial charge in [-0.2, -0.15) is 0 Å². The fraction of sp³-hybridized carbons (Fsp3) is 0.364. The molecular weight excluding hydrogens is 283 g/mol. The molecule has 1 aromatic carbocycles. The van der Waals surface area contributed by atoms with Gasteiger partial charge in [0.1, 0.15) is 0 Å². The number of carbonyl (C=O) groups excluding carboxylic acids is 1. The normalized spacial score (nSPS) is 9.86. The van der Waals surface area contributed by atoms with E-state index in [4.69, 9.17) is 3.07 Å². The van der Waals surface area contributed by atoms with Crippen LogP contribution in [0.25, 0.3) is 0 Å². The molecule has 0 fully saturated rings. The van der Waals surface area contributed by atoms with Gasteiger partial charge in [0.25, 0.3) is 0 Å². The summed E-state index contributed by atoms with van der Waals surface area (Å²) in [6.07, 6.45) is 3.21. The van der Waals surface area contributed by atoms with Gasteiger partial charge in [0.05, 0.1) is 0 Å². The summed E-state index contributed by atoms with van der Waals surface area (Å²) in [6, 6.07) is 7.66. The predicted octanol–water partition coefficient (Wildman–Crippen LogP) is 2.27. The van der Waals surface area contributed by atoms with Crippen LogP contribution in [0.15, 0.2) is 24.3 Å². The molecule has 3 radical (unpaired) electrons. The second-order valence-electron chi connectivity index (χ2n) is 3.15. The minimum atomic E-state index is -0.199. The summed E-state index contributed by atoms with van der Waals surface area (Å²) in [6.45, 7) is 2.14. The van der Waals surface area contributed by atoms with Gasteiger partial charge in [0.2, 0.25) is 0 Å². The number of benzene rings is 1. The SMILES string of the molecule is CCCCc1ccccc1C(=O)[O][Sn]. The van der Waals surface area contributed by atoms with Gasteiger partial charge in [0.15, 0.2) is 0 Å². The number of hydrogen-bond acceptors (Lipinski definition) is 2. The Hall–Kier alpha value is -0.511. The molecule has 73 valence electrons. The fourth-order valence-electron chi connectivity index (χ4n) is 1.36. The van der Waals surface area contributed by atoms with Crippen molar-refractivity contribution in [3.8, 4) is 0 Å². The van der Waals surface area contributed by atoms with E-state index in [1.54, 1.807) is 0 Å². The maximum atomic E-state index is 11.4. The third-order valence-corrected chi connectivity index (χ3v) is 2.66. The summed E-state index contributed by atoms with van der Waals surface area (Å²) in [5, 5.41) is 0. The molecule has 0 bridgehead atoms. The van der Waals surface area contributed by atoms with Crippen molar-refractivity contribution in [3.63, 3.8) is 0 Å². The Kier molecular flexibility index (Phi) is 5.01. The zero-order valence-electron chi connectivity index (χ0n) is 8.25. The first kappa shape index (κ1) is 11.6. The van der Waals surface area contributed by atoms with E-state index in [1.165, 1.54) is 0 Å². The fourth-order valence-corrected chi connectivity index (χ4v) is 1.67. The third-order valence-electron chi connectivity index (χ3n) is 2.13. The average Bonchev–Trinajstić information content (AvgIpc) is 2.25. The van der Waals surface area contributed by atoms with Crippen molar-refractivity contribution < 1.29 is 7.87 Å². The summed E-state index contributed by atoms with van der Waals surface area (Å²) < 4.78 is 4.81. The molecule has 0 aromatic heterocycles. The van der Waals surface area contributed by atoms with E-state index in [2.05, 4.69) is 6.92 Å². The predicted molar refractivity (Wildman–Crippen MR) is 56.2 cm³/mol. The van der Waals surface area contributed by atoms with Crippen molar-refractivity contribution in [1.29, 1.82) is 0 Å². The molecule has 0 amide bonds. The van der Waals surface area contributed by atoms with E-state index in [-0.39, 0.29) is 5.97 Å². The van der Waals surface area contributed by atoms with Crippen LogP contribution < -0.4 is 0 Å². The monoisotopic (exact) mass is 297 g/mol. The van der Waals surface area contributed by atoms with Crippen molar-refractivity contribution >= 4 is 28.9 Å². The first-order valence-corrected chi connectivity index (χ1v) is 5.92. The molecule has 0 heterocycles. The topological polar surface area (TPSA) is 26.3 Å². The molecule has 0 saturated carbocycles. The molecule has 0 atom stereocenters. The van der Waals surface area contributed by atoms with Crippen LogP contribution in [0.2, 0.25) is 0 Å². The van der Waals surface area contributed by atoms with Crippen molar-refractivity contribution in [2.75, 3.05) is 0 Å². The van der Waals surface area contributed by atoms with Crippen LogP contribution in [0, 0.1) is 0 Å². The quantitative estimate of drug-likeness (QED) is 0.797. The van der Waals surface area contributed by atoms with Crippen LogP contribution in [0.3, 0.4) is 0 Å². The first-order valence-electron chi connectivity index (χ1n) is 4.75. The molecule has 1 rings (SSSR count). The van der Waals surface area contributed by atoms with Gasteiger partial charge in [-0.1, -0.05) is 0 Å². The molecule has 3 heteroatoms. The second kappa shape index (κ2) is 6.06. The summed E-state index contributed by atoms with van der Waals surface area (Å²) in [5.74, 6) is -0.199. The zero-order valence-corrected chi connectivity index (χ0v) is 11.1. The number of hydrogen-bond donors (Lipinski definition) is 0. The second-order valence-corrected chi connectivity index (χ2v) is 3.73. The van der Waals surface area contributed by atoms with Crippen molar-refractivity contribution in [2.24, 2.45) is 0 Å². The number of aryl methyl sites for hydroxylation is 1. The van der Waals surface area contributed by atoms with E-state index < -0.39 is 0 Å². The van der Waals surface area contributed by atoms with Gasteiger partial charge in [-0.3, -0.25) is 0 Å². The molecule has 14 heavy (non-hydrogen) atoms. The number of carbonyl (C=O) groups is 1. The molecule has 0 unspecified atom stereocenters. The van der Waals surface area contributed by atoms with Crippen molar-refractivity contribution in [1.82, 2.24) is 0 Å². The average molecular weight is 296 g/mol. The minimum absolute atomic E-state index is 0.199. The Bertz CT molecular complexity index is 310. The Morgan fingerprint density at radius 2 is 2.14 bits per heavy atom. The Morgan fingerprint density at radius 1 is 1.43 bits per heavy atom. The summed E-state index contributed by atoms with van der Waals surface area (Å²) in [4.78, 5) is 11.4. The van der Waals surface area contributed by atoms with Gasteiger partial charge in [-0.25, -0.2) is 0 Å². The van der Waals surface area contributed by atoms with Gasteiger partial charge in [0, 0.05) is 0 Å². The van der Waals surface area contributed by atoms with E-state index in [0.29, 0.717) is 0 Å². The summed E-state index contributed by atoms with van der Waals surface area (Å²) in [7, 11) is 0. The van der Waals surface area contributed by atoms with Gasteiger partial charge in [-0.05, 0) is 0 Å². The molecule has 0 aliphatic heterocycles. The Morgan fingerprint density at radius 3 is 2.79 bits per heavy atom. The number of unbranched alkanes of at least 4 members (excludes halogenated alkanes) is 1. The molecule has 0 aliphatic rings. The number of rotatable bonds is 4. The van der Waals surface area contributed by atoms with Crippen LogP contribution >= 0.6 is 0 Å². The molecule has 0 N–H and O–H groups in total. The van der Waals surface area contributed by atoms with Crippen LogP contribution in [-0.2, 0) is 9.49 Å². The molecule has 0 spiro atoms. The molecule has 0 aliphatic carbocycles. The van der Waals surface area contributed by atoms with Crippen LogP contribution in [-0.4, -0.2) is 28.9 Å². The van der Waals surface area contributed by atoms with Crippen LogP contribution in [0.5, 0.6) is 0 Å². The molecule has 2 nitrogen and oxygen atoms in total. The van der Waals surface area contributed by atoms with E-state index in [0.717, 1.165) is 53.3 Å². The van der Waals surface area contributed by atoms with Crippen molar-refractivity contribution in [2.45, 2.75) is 26.2 Å². The van der Waals surface area contributed by atoms with E-state index in [9.17, 15) is 4.79 Å². The standard InChI is InChI=1S/C11H14O2.Sn/c1-2-3-6-9-7-4-5-8-10(9)11(12)13;/h4-5,7-8H,2-3,6H2,1H3,(H,12,13);/q;+1/p-1. The maximum absolute atomic E-state index is 11.4. The molecule has 1 aromatic rings. The van der Waals surface area contributed by atoms with Crippen LogP contribution in [0.4, 0.5) is 0 Å². The van der Waals surface area contributed by atoms with Gasteiger partial charge < -0.3 is 0 Å². The zero-order chi connectivity index (χ0) is 10.4. The first-order chi connectivity index (χ1) is 6.79. The van der Waals surface area contributed by atoms with E-state index >= 15 is 0 Å². The van der Waals surface area contributed by atoms with Crippen LogP contribution in [0.1, 0.15) is 35.7 Å². The Labute approximate surface area is 98.3 Å². The molecule has 0 saturated heterocycles. The van der Waals surface area contributed by atoms with Gasteiger partial charge >= 0.3 is 98.4 Å². The van der Waals surface area contributed by atoms with E-state index in [1.807, 2.05) is 24.3 Å². The Balaban J connectivity index is 2.85. The third kappa shape index (κ3) is 3.01. The summed E-state index contributed by atoms with van der Waals surface area (Å²) in [5.41, 5.74) is 1.82. The van der Waals surface area contributed by atoms with Gasteiger partial charge in [-0.15, -0.1) is 0 Å². The summed E-state index contributed by atoms with van der Waals surface area (Å²) >= 11 is 0.797. The van der Waals surface area contributed by atoms with Crippen molar-refractivity contribution in [3.05, 3.63) is 35.4 Å². The molecular formula is C11H13O2Sn.